The summed E-state index contributed by atoms with van der Waals surface area (Å²) in [5, 5.41) is 12.7. The van der Waals surface area contributed by atoms with Gasteiger partial charge in [-0.15, -0.1) is 16.8 Å². The Kier molecular flexibility index (Phi) is 5.56. The second-order valence-corrected chi connectivity index (χ2v) is 5.07. The maximum atomic E-state index is 11.7. The van der Waals surface area contributed by atoms with E-state index in [0.29, 0.717) is 11.7 Å². The Morgan fingerprint density at radius 3 is 2.79 bits per heavy atom. The van der Waals surface area contributed by atoms with Crippen LogP contribution in [0.1, 0.15) is 12.7 Å². The second kappa shape index (κ2) is 6.93. The molecule has 1 rings (SSSR count). The first kappa shape index (κ1) is 15.2. The van der Waals surface area contributed by atoms with Gasteiger partial charge in [0.05, 0.1) is 5.25 Å². The smallest absolute Gasteiger partial charge is 0.321 e. The average Bonchev–Trinajstić information content (AvgIpc) is 2.71. The largest absolute Gasteiger partial charge is 0.341 e. The number of aromatic nitrogens is 3. The van der Waals surface area contributed by atoms with Gasteiger partial charge >= 0.3 is 6.03 Å². The molecule has 0 saturated heterocycles. The third kappa shape index (κ3) is 4.09. The number of rotatable bonds is 5. The zero-order chi connectivity index (χ0) is 14.4. The average molecular weight is 283 g/mol. The summed E-state index contributed by atoms with van der Waals surface area (Å²) in [7, 11) is 1.45. The quantitative estimate of drug-likeness (QED) is 0.613. The van der Waals surface area contributed by atoms with E-state index in [2.05, 4.69) is 27.4 Å². The molecule has 1 aromatic rings. The molecule has 8 heteroatoms. The van der Waals surface area contributed by atoms with Crippen molar-refractivity contribution >= 4 is 23.7 Å². The van der Waals surface area contributed by atoms with E-state index in [9.17, 15) is 9.59 Å². The van der Waals surface area contributed by atoms with Crippen molar-refractivity contribution in [2.45, 2.75) is 30.8 Å². The molecule has 0 aliphatic rings. The highest BCUT2D eigenvalue weighted by atomic mass is 32.2. The standard InChI is InChI=1S/C11H17N5O2S/c1-5-6-16-8(3)14-15-11(16)19-7(2)9(17)13-10(18)12-4/h5,7H,1,6H2,2-4H3,(H2,12,13,17,18)/t7-/m0/s1. The van der Waals surface area contributed by atoms with Crippen LogP contribution in [-0.2, 0) is 11.3 Å². The zero-order valence-corrected chi connectivity index (χ0v) is 12.0. The van der Waals surface area contributed by atoms with Crippen molar-refractivity contribution in [3.63, 3.8) is 0 Å². The van der Waals surface area contributed by atoms with Crippen molar-refractivity contribution in [2.24, 2.45) is 0 Å². The molecule has 3 amide bonds. The minimum Gasteiger partial charge on any atom is -0.341 e. The van der Waals surface area contributed by atoms with Crippen molar-refractivity contribution in [3.05, 3.63) is 18.5 Å². The Morgan fingerprint density at radius 1 is 1.53 bits per heavy atom. The lowest BCUT2D eigenvalue weighted by atomic mass is 10.4. The van der Waals surface area contributed by atoms with Crippen LogP contribution in [0, 0.1) is 6.92 Å². The molecule has 7 nitrogen and oxygen atoms in total. The van der Waals surface area contributed by atoms with Crippen LogP contribution >= 0.6 is 11.8 Å². The van der Waals surface area contributed by atoms with Crippen molar-refractivity contribution in [2.75, 3.05) is 7.05 Å². The lowest BCUT2D eigenvalue weighted by Gasteiger charge is -2.11. The van der Waals surface area contributed by atoms with Gasteiger partial charge in [-0.3, -0.25) is 10.1 Å². The van der Waals surface area contributed by atoms with Crippen LogP contribution in [0.15, 0.2) is 17.8 Å². The molecule has 19 heavy (non-hydrogen) atoms. The highest BCUT2D eigenvalue weighted by Gasteiger charge is 2.20. The molecule has 2 N–H and O–H groups in total. The molecule has 0 fully saturated rings. The van der Waals surface area contributed by atoms with Crippen LogP contribution in [0.2, 0.25) is 0 Å². The van der Waals surface area contributed by atoms with Crippen LogP contribution < -0.4 is 10.6 Å². The molecule has 0 spiro atoms. The van der Waals surface area contributed by atoms with Crippen molar-refractivity contribution in [3.8, 4) is 0 Å². The van der Waals surface area contributed by atoms with Crippen LogP contribution in [0.5, 0.6) is 0 Å². The molecular formula is C11H17N5O2S. The molecule has 1 heterocycles. The SMILES string of the molecule is C=CCn1c(C)nnc1S[C@@H](C)C(=O)NC(=O)NC. The highest BCUT2D eigenvalue weighted by molar-refractivity contribution is 8.00. The van der Waals surface area contributed by atoms with Gasteiger partial charge < -0.3 is 9.88 Å². The molecule has 0 aliphatic carbocycles. The molecule has 0 aliphatic heterocycles. The number of nitrogens with zero attached hydrogens (tertiary/aromatic N) is 3. The molecule has 1 atom stereocenters. The summed E-state index contributed by atoms with van der Waals surface area (Å²) in [6, 6.07) is -0.527. The number of carbonyl (C=O) groups excluding carboxylic acids is 2. The number of allylic oxidation sites excluding steroid dienone is 1. The van der Waals surface area contributed by atoms with E-state index < -0.39 is 11.3 Å². The molecule has 0 aromatic carbocycles. The van der Waals surface area contributed by atoms with Gasteiger partial charge in [-0.25, -0.2) is 4.79 Å². The Bertz CT molecular complexity index is 485. The number of aryl methyl sites for hydroxylation is 1. The van der Waals surface area contributed by atoms with E-state index >= 15 is 0 Å². The van der Waals surface area contributed by atoms with Gasteiger partial charge in [-0.2, -0.15) is 0 Å². The first-order chi connectivity index (χ1) is 8.99. The lowest BCUT2D eigenvalue weighted by molar-refractivity contribution is -0.119. The monoisotopic (exact) mass is 283 g/mol. The Labute approximate surface area is 115 Å². The third-order valence-electron chi connectivity index (χ3n) is 2.33. The second-order valence-electron chi connectivity index (χ2n) is 3.76. The van der Waals surface area contributed by atoms with Crippen LogP contribution in [0.4, 0.5) is 4.79 Å². The van der Waals surface area contributed by atoms with Crippen molar-refractivity contribution < 1.29 is 9.59 Å². The number of carbonyl (C=O) groups is 2. The van der Waals surface area contributed by atoms with Gasteiger partial charge in [0.25, 0.3) is 0 Å². The normalized spacial score (nSPS) is 11.7. The fourth-order valence-electron chi connectivity index (χ4n) is 1.28. The maximum absolute atomic E-state index is 11.7. The predicted octanol–water partition coefficient (Wildman–Crippen LogP) is 0.709. The summed E-state index contributed by atoms with van der Waals surface area (Å²) in [6.07, 6.45) is 1.73. The number of thioether (sulfide) groups is 1. The summed E-state index contributed by atoms with van der Waals surface area (Å²) in [5.74, 6) is 0.372. The van der Waals surface area contributed by atoms with Gasteiger partial charge in [0, 0.05) is 13.6 Å². The highest BCUT2D eigenvalue weighted by Crippen LogP contribution is 2.22. The number of hydrogen-bond donors (Lipinski definition) is 2. The van der Waals surface area contributed by atoms with E-state index in [1.54, 1.807) is 13.0 Å². The fraction of sp³-hybridized carbons (Fsp3) is 0.455. The molecule has 0 unspecified atom stereocenters. The Balaban J connectivity index is 2.71. The number of hydrogen-bond acceptors (Lipinski definition) is 5. The van der Waals surface area contributed by atoms with Crippen molar-refractivity contribution in [1.29, 1.82) is 0 Å². The van der Waals surface area contributed by atoms with E-state index in [4.69, 9.17) is 0 Å². The molecule has 1 aromatic heterocycles. The summed E-state index contributed by atoms with van der Waals surface area (Å²) in [6.45, 7) is 7.77. The summed E-state index contributed by atoms with van der Waals surface area (Å²) in [4.78, 5) is 22.8. The summed E-state index contributed by atoms with van der Waals surface area (Å²) < 4.78 is 1.85. The minimum atomic E-state index is -0.527. The van der Waals surface area contributed by atoms with Crippen molar-refractivity contribution in [1.82, 2.24) is 25.4 Å². The van der Waals surface area contributed by atoms with Gasteiger partial charge in [0.2, 0.25) is 5.91 Å². The fourth-order valence-corrected chi connectivity index (χ4v) is 2.18. The number of urea groups is 1. The lowest BCUT2D eigenvalue weighted by Crippen LogP contribution is -2.41. The Hall–Kier alpha value is -1.83. The third-order valence-corrected chi connectivity index (χ3v) is 3.41. The van der Waals surface area contributed by atoms with Crippen LogP contribution in [0.25, 0.3) is 0 Å². The Morgan fingerprint density at radius 2 is 2.21 bits per heavy atom. The molecule has 0 bridgehead atoms. The molecule has 104 valence electrons. The van der Waals surface area contributed by atoms with E-state index in [-0.39, 0.29) is 5.91 Å². The summed E-state index contributed by atoms with van der Waals surface area (Å²) in [5.41, 5.74) is 0. The van der Waals surface area contributed by atoms with E-state index in [0.717, 1.165) is 5.82 Å². The van der Waals surface area contributed by atoms with E-state index in [1.165, 1.54) is 18.8 Å². The van der Waals surface area contributed by atoms with Crippen LogP contribution in [-0.4, -0.2) is 39.0 Å². The van der Waals surface area contributed by atoms with Gasteiger partial charge in [-0.1, -0.05) is 17.8 Å². The van der Waals surface area contributed by atoms with Gasteiger partial charge in [-0.05, 0) is 13.8 Å². The van der Waals surface area contributed by atoms with E-state index in [1.807, 2.05) is 11.5 Å². The molecule has 0 radical (unpaired) electrons. The topological polar surface area (TPSA) is 88.9 Å². The van der Waals surface area contributed by atoms with Crippen LogP contribution in [0.3, 0.4) is 0 Å². The number of imide groups is 1. The van der Waals surface area contributed by atoms with Gasteiger partial charge in [0.1, 0.15) is 5.82 Å². The number of nitrogens with one attached hydrogen (secondary N) is 2. The minimum absolute atomic E-state index is 0.379. The zero-order valence-electron chi connectivity index (χ0n) is 11.1. The predicted molar refractivity (Wildman–Crippen MR) is 72.9 cm³/mol. The first-order valence-corrected chi connectivity index (χ1v) is 6.57. The van der Waals surface area contributed by atoms with Gasteiger partial charge in [0.15, 0.2) is 5.16 Å². The molecule has 0 saturated carbocycles. The summed E-state index contributed by atoms with van der Waals surface area (Å²) >= 11 is 1.24. The molecular weight excluding hydrogens is 266 g/mol. The maximum Gasteiger partial charge on any atom is 0.321 e. The number of amides is 3. The first-order valence-electron chi connectivity index (χ1n) is 5.69.